The minimum atomic E-state index is 0.945. The highest BCUT2D eigenvalue weighted by molar-refractivity contribution is 5.85. The summed E-state index contributed by atoms with van der Waals surface area (Å²) in [6.45, 7) is 1.96. The highest BCUT2D eigenvalue weighted by atomic mass is 15.1. The van der Waals surface area contributed by atoms with Gasteiger partial charge in [-0.15, -0.1) is 0 Å². The molecule has 0 fully saturated rings. The van der Waals surface area contributed by atoms with E-state index in [9.17, 15) is 0 Å². The van der Waals surface area contributed by atoms with Gasteiger partial charge >= 0.3 is 0 Å². The molecule has 2 aliphatic rings. The van der Waals surface area contributed by atoms with Crippen molar-refractivity contribution in [2.24, 2.45) is 4.99 Å². The van der Waals surface area contributed by atoms with Gasteiger partial charge in [-0.1, -0.05) is 18.2 Å². The number of aryl methyl sites for hydroxylation is 2. The Morgan fingerprint density at radius 1 is 1.20 bits per heavy atom. The zero-order chi connectivity index (χ0) is 10.1. The van der Waals surface area contributed by atoms with Crippen molar-refractivity contribution >= 4 is 5.84 Å². The highest BCUT2D eigenvalue weighted by Crippen LogP contribution is 2.23. The molecular formula is C13H16N2. The molecule has 0 saturated carbocycles. The van der Waals surface area contributed by atoms with Gasteiger partial charge in [0.05, 0.1) is 6.54 Å². The second-order valence-corrected chi connectivity index (χ2v) is 4.39. The number of amidine groups is 1. The second-order valence-electron chi connectivity index (χ2n) is 4.39. The lowest BCUT2D eigenvalue weighted by Crippen LogP contribution is -2.20. The maximum absolute atomic E-state index is 4.43. The fourth-order valence-corrected chi connectivity index (χ4v) is 2.49. The summed E-state index contributed by atoms with van der Waals surface area (Å²) in [5.74, 6) is 1.16. The van der Waals surface area contributed by atoms with Crippen molar-refractivity contribution < 1.29 is 0 Å². The van der Waals surface area contributed by atoms with Crippen LogP contribution in [0.2, 0.25) is 0 Å². The zero-order valence-corrected chi connectivity index (χ0v) is 8.92. The Balaban J connectivity index is 1.80. The molecule has 1 heterocycles. The second kappa shape index (κ2) is 3.69. The SMILES string of the molecule is c1cc2c(cc1CC1=NCCN1)CCC2. The quantitative estimate of drug-likeness (QED) is 0.772. The molecule has 0 spiro atoms. The summed E-state index contributed by atoms with van der Waals surface area (Å²) in [5.41, 5.74) is 4.52. The molecule has 1 aliphatic carbocycles. The van der Waals surface area contributed by atoms with E-state index in [4.69, 9.17) is 0 Å². The van der Waals surface area contributed by atoms with Crippen LogP contribution in [-0.2, 0) is 19.3 Å². The van der Waals surface area contributed by atoms with E-state index in [1.807, 2.05) is 0 Å². The first kappa shape index (κ1) is 8.96. The van der Waals surface area contributed by atoms with Crippen LogP contribution in [0.1, 0.15) is 23.1 Å². The van der Waals surface area contributed by atoms with Gasteiger partial charge in [-0.05, 0) is 36.0 Å². The molecule has 0 saturated heterocycles. The van der Waals surface area contributed by atoms with E-state index >= 15 is 0 Å². The van der Waals surface area contributed by atoms with Crippen molar-refractivity contribution in [1.82, 2.24) is 5.32 Å². The van der Waals surface area contributed by atoms with Crippen LogP contribution < -0.4 is 5.32 Å². The zero-order valence-electron chi connectivity index (χ0n) is 8.92. The molecule has 0 amide bonds. The molecule has 78 valence electrons. The van der Waals surface area contributed by atoms with Gasteiger partial charge in [0.15, 0.2) is 0 Å². The van der Waals surface area contributed by atoms with Crippen molar-refractivity contribution in [2.45, 2.75) is 25.7 Å². The van der Waals surface area contributed by atoms with Gasteiger partial charge in [0.25, 0.3) is 0 Å². The van der Waals surface area contributed by atoms with Gasteiger partial charge in [0, 0.05) is 13.0 Å². The van der Waals surface area contributed by atoms with E-state index in [0.717, 1.165) is 25.3 Å². The van der Waals surface area contributed by atoms with Gasteiger partial charge in [0.2, 0.25) is 0 Å². The number of nitrogens with zero attached hydrogens (tertiary/aromatic N) is 1. The summed E-state index contributed by atoms with van der Waals surface area (Å²) in [7, 11) is 0. The third kappa shape index (κ3) is 1.76. The first-order valence-corrected chi connectivity index (χ1v) is 5.80. The van der Waals surface area contributed by atoms with Crippen LogP contribution in [-0.4, -0.2) is 18.9 Å². The average molecular weight is 200 g/mol. The molecule has 3 rings (SSSR count). The number of nitrogens with one attached hydrogen (secondary N) is 1. The van der Waals surface area contributed by atoms with E-state index in [-0.39, 0.29) is 0 Å². The van der Waals surface area contributed by atoms with E-state index < -0.39 is 0 Å². The number of rotatable bonds is 2. The van der Waals surface area contributed by atoms with Crippen molar-refractivity contribution in [3.63, 3.8) is 0 Å². The first-order valence-electron chi connectivity index (χ1n) is 5.80. The minimum Gasteiger partial charge on any atom is -0.372 e. The Morgan fingerprint density at radius 2 is 2.13 bits per heavy atom. The smallest absolute Gasteiger partial charge is 0.101 e. The van der Waals surface area contributed by atoms with Crippen LogP contribution in [0.5, 0.6) is 0 Å². The lowest BCUT2D eigenvalue weighted by Gasteiger charge is -2.05. The molecule has 15 heavy (non-hydrogen) atoms. The van der Waals surface area contributed by atoms with Crippen LogP contribution in [0.15, 0.2) is 23.2 Å². The summed E-state index contributed by atoms with van der Waals surface area (Å²) in [6, 6.07) is 6.92. The maximum atomic E-state index is 4.43. The van der Waals surface area contributed by atoms with Gasteiger partial charge in [-0.25, -0.2) is 0 Å². The summed E-state index contributed by atoms with van der Waals surface area (Å²) < 4.78 is 0. The van der Waals surface area contributed by atoms with E-state index in [0.29, 0.717) is 0 Å². The molecular weight excluding hydrogens is 184 g/mol. The minimum absolute atomic E-state index is 0.945. The van der Waals surface area contributed by atoms with E-state index in [1.165, 1.54) is 24.8 Å². The van der Waals surface area contributed by atoms with Gasteiger partial charge < -0.3 is 5.32 Å². The Labute approximate surface area is 90.4 Å². The molecule has 1 aromatic carbocycles. The molecule has 0 bridgehead atoms. The molecule has 1 aliphatic heterocycles. The van der Waals surface area contributed by atoms with Gasteiger partial charge in [-0.2, -0.15) is 0 Å². The van der Waals surface area contributed by atoms with Crippen LogP contribution in [0, 0.1) is 0 Å². The molecule has 1 N–H and O–H groups in total. The van der Waals surface area contributed by atoms with Crippen molar-refractivity contribution in [1.29, 1.82) is 0 Å². The van der Waals surface area contributed by atoms with Crippen LogP contribution in [0.4, 0.5) is 0 Å². The molecule has 0 aromatic heterocycles. The van der Waals surface area contributed by atoms with Crippen LogP contribution >= 0.6 is 0 Å². The Kier molecular flexibility index (Phi) is 2.20. The Hall–Kier alpha value is -1.31. The third-order valence-electron chi connectivity index (χ3n) is 3.28. The standard InChI is InChI=1S/C13H16N2/c1-2-11-5-4-10(8-12(11)3-1)9-13-14-6-7-15-13/h4-5,8H,1-3,6-7,9H2,(H,14,15). The number of fused-ring (bicyclic) bond motifs is 1. The topological polar surface area (TPSA) is 24.4 Å². The van der Waals surface area contributed by atoms with E-state index in [2.05, 4.69) is 28.5 Å². The monoisotopic (exact) mass is 200 g/mol. The van der Waals surface area contributed by atoms with E-state index in [1.54, 1.807) is 11.1 Å². The summed E-state index contributed by atoms with van der Waals surface area (Å²) in [6.07, 6.45) is 4.85. The summed E-state index contributed by atoms with van der Waals surface area (Å²) in [4.78, 5) is 4.43. The number of hydrogen-bond acceptors (Lipinski definition) is 2. The first-order chi connectivity index (χ1) is 7.42. The Morgan fingerprint density at radius 3 is 3.00 bits per heavy atom. The normalized spacial score (nSPS) is 18.5. The van der Waals surface area contributed by atoms with Crippen LogP contribution in [0.3, 0.4) is 0 Å². The highest BCUT2D eigenvalue weighted by Gasteiger charge is 2.12. The van der Waals surface area contributed by atoms with Gasteiger partial charge in [0.1, 0.15) is 5.84 Å². The average Bonchev–Trinajstić information content (AvgIpc) is 2.87. The summed E-state index contributed by atoms with van der Waals surface area (Å²) >= 11 is 0. The molecule has 0 unspecified atom stereocenters. The predicted molar refractivity (Wildman–Crippen MR) is 62.5 cm³/mol. The van der Waals surface area contributed by atoms with Crippen molar-refractivity contribution in [3.05, 3.63) is 34.9 Å². The largest absolute Gasteiger partial charge is 0.372 e. The molecule has 2 heteroatoms. The number of aliphatic imine (C=N–C) groups is 1. The van der Waals surface area contributed by atoms with Crippen LogP contribution in [0.25, 0.3) is 0 Å². The fourth-order valence-electron chi connectivity index (χ4n) is 2.49. The third-order valence-corrected chi connectivity index (χ3v) is 3.28. The number of benzene rings is 1. The number of hydrogen-bond donors (Lipinski definition) is 1. The van der Waals surface area contributed by atoms with Crippen molar-refractivity contribution in [2.75, 3.05) is 13.1 Å². The van der Waals surface area contributed by atoms with Crippen molar-refractivity contribution in [3.8, 4) is 0 Å². The Bertz CT molecular complexity index is 407. The van der Waals surface area contributed by atoms with Gasteiger partial charge in [-0.3, -0.25) is 4.99 Å². The summed E-state index contributed by atoms with van der Waals surface area (Å²) in [5, 5.41) is 3.32. The fraction of sp³-hybridized carbons (Fsp3) is 0.462. The molecule has 1 aromatic rings. The molecule has 0 radical (unpaired) electrons. The lowest BCUT2D eigenvalue weighted by atomic mass is 10.0. The molecule has 2 nitrogen and oxygen atoms in total. The maximum Gasteiger partial charge on any atom is 0.101 e. The molecule has 0 atom stereocenters. The lowest BCUT2D eigenvalue weighted by molar-refractivity contribution is 0.911. The predicted octanol–water partition coefficient (Wildman–Crippen LogP) is 1.72.